The van der Waals surface area contributed by atoms with Gasteiger partial charge in [-0.3, -0.25) is 10.1 Å². The second-order valence-electron chi connectivity index (χ2n) is 7.20. The summed E-state index contributed by atoms with van der Waals surface area (Å²) in [6.07, 6.45) is 1.52. The van der Waals surface area contributed by atoms with E-state index in [1.807, 2.05) is 13.8 Å². The molecule has 0 aliphatic rings. The Morgan fingerprint density at radius 1 is 1.21 bits per heavy atom. The molecule has 0 radical (unpaired) electrons. The number of halogens is 1. The van der Waals surface area contributed by atoms with Crippen molar-refractivity contribution in [2.45, 2.75) is 27.3 Å². The van der Waals surface area contributed by atoms with E-state index < -0.39 is 5.97 Å². The average Bonchev–Trinajstić information content (AvgIpc) is 3.38. The third kappa shape index (κ3) is 5.75. The van der Waals surface area contributed by atoms with Crippen LogP contribution in [0.25, 0.3) is 0 Å². The Labute approximate surface area is 205 Å². The number of carbonyl (C=O) groups is 2. The molecular formula is C22H25FN6O3S2. The van der Waals surface area contributed by atoms with Crippen molar-refractivity contribution < 1.29 is 18.7 Å². The molecular weight excluding hydrogens is 479 g/mol. The number of methoxy groups -OCH3 is 1. The van der Waals surface area contributed by atoms with Gasteiger partial charge >= 0.3 is 5.97 Å². The number of benzene rings is 1. The first-order valence-electron chi connectivity index (χ1n) is 10.5. The van der Waals surface area contributed by atoms with E-state index in [1.165, 1.54) is 25.6 Å². The van der Waals surface area contributed by atoms with Gasteiger partial charge < -0.3 is 15.0 Å². The number of anilines is 2. The smallest absolute Gasteiger partial charge is 0.341 e. The Morgan fingerprint density at radius 3 is 2.50 bits per heavy atom. The van der Waals surface area contributed by atoms with Crippen molar-refractivity contribution in [2.75, 3.05) is 30.8 Å². The van der Waals surface area contributed by atoms with Gasteiger partial charge in [-0.2, -0.15) is 0 Å². The molecule has 0 atom stereocenters. The minimum atomic E-state index is -0.570. The van der Waals surface area contributed by atoms with Crippen molar-refractivity contribution in [3.63, 3.8) is 0 Å². The van der Waals surface area contributed by atoms with E-state index in [0.29, 0.717) is 35.1 Å². The number of thiophene rings is 1. The maximum Gasteiger partial charge on any atom is 0.341 e. The van der Waals surface area contributed by atoms with Crippen LogP contribution >= 0.6 is 23.6 Å². The average molecular weight is 505 g/mol. The zero-order valence-corrected chi connectivity index (χ0v) is 20.8. The molecule has 0 unspecified atom stereocenters. The first-order valence-corrected chi connectivity index (χ1v) is 11.7. The van der Waals surface area contributed by atoms with Crippen molar-refractivity contribution in [2.24, 2.45) is 0 Å². The summed E-state index contributed by atoms with van der Waals surface area (Å²) in [6, 6.07) is 6.10. The summed E-state index contributed by atoms with van der Waals surface area (Å²) >= 11 is 6.51. The lowest BCUT2D eigenvalue weighted by Gasteiger charge is -2.17. The molecule has 0 saturated heterocycles. The summed E-state index contributed by atoms with van der Waals surface area (Å²) in [5, 5.41) is 10.7. The van der Waals surface area contributed by atoms with Crippen LogP contribution in [0.2, 0.25) is 0 Å². The molecule has 0 aliphatic heterocycles. The Balaban J connectivity index is 1.75. The van der Waals surface area contributed by atoms with Crippen molar-refractivity contribution >= 4 is 51.5 Å². The van der Waals surface area contributed by atoms with E-state index in [9.17, 15) is 14.0 Å². The molecule has 3 rings (SSSR count). The monoisotopic (exact) mass is 504 g/mol. The van der Waals surface area contributed by atoms with Crippen LogP contribution in [-0.4, -0.2) is 56.9 Å². The minimum absolute atomic E-state index is 0.146. The fourth-order valence-corrected chi connectivity index (χ4v) is 4.67. The largest absolute Gasteiger partial charge is 0.465 e. The van der Waals surface area contributed by atoms with Gasteiger partial charge in [-0.25, -0.2) is 18.9 Å². The number of nitrogens with zero attached hydrogens (tertiary/aromatic N) is 4. The second-order valence-corrected chi connectivity index (χ2v) is 8.63. The molecule has 1 amide bonds. The maximum absolute atomic E-state index is 13.1. The van der Waals surface area contributed by atoms with Crippen LogP contribution in [-0.2, 0) is 11.3 Å². The second kappa shape index (κ2) is 11.2. The van der Waals surface area contributed by atoms with Gasteiger partial charge in [0.15, 0.2) is 5.11 Å². The van der Waals surface area contributed by atoms with Crippen LogP contribution in [0.5, 0.6) is 0 Å². The fraction of sp³-hybridized carbons (Fsp3) is 0.318. The number of carbonyl (C=O) groups excluding carboxylic acids is 2. The SMILES string of the molecule is CCN(CC)C(=O)c1sc(NC(=S)Nc2ncn(Cc3ccc(F)cc3)n2)c(C(=O)OC)c1C. The van der Waals surface area contributed by atoms with Crippen molar-refractivity contribution in [1.82, 2.24) is 19.7 Å². The Bertz CT molecular complexity index is 1190. The number of aromatic nitrogens is 3. The lowest BCUT2D eigenvalue weighted by molar-refractivity contribution is 0.0601. The van der Waals surface area contributed by atoms with E-state index in [0.717, 1.165) is 16.9 Å². The van der Waals surface area contributed by atoms with Gasteiger partial charge in [0.1, 0.15) is 17.1 Å². The quantitative estimate of drug-likeness (QED) is 0.352. The topological polar surface area (TPSA) is 101 Å². The van der Waals surface area contributed by atoms with E-state index in [2.05, 4.69) is 20.7 Å². The van der Waals surface area contributed by atoms with Gasteiger partial charge in [0, 0.05) is 13.1 Å². The van der Waals surface area contributed by atoms with E-state index in [1.54, 1.807) is 28.6 Å². The molecule has 12 heteroatoms. The first-order chi connectivity index (χ1) is 16.3. The predicted molar refractivity (Wildman–Crippen MR) is 133 cm³/mol. The third-order valence-electron chi connectivity index (χ3n) is 5.03. The highest BCUT2D eigenvalue weighted by Crippen LogP contribution is 2.34. The number of ether oxygens (including phenoxy) is 1. The van der Waals surface area contributed by atoms with Gasteiger partial charge in [-0.05, 0) is 56.2 Å². The van der Waals surface area contributed by atoms with Gasteiger partial charge in [0.05, 0.1) is 24.1 Å². The van der Waals surface area contributed by atoms with Crippen LogP contribution in [0, 0.1) is 12.7 Å². The number of thiocarbonyl (C=S) groups is 1. The van der Waals surface area contributed by atoms with Gasteiger partial charge in [-0.1, -0.05) is 12.1 Å². The summed E-state index contributed by atoms with van der Waals surface area (Å²) in [5.41, 5.74) is 1.64. The molecule has 0 spiro atoms. The Hall–Kier alpha value is -3.38. The number of esters is 1. The number of hydrogen-bond donors (Lipinski definition) is 2. The molecule has 34 heavy (non-hydrogen) atoms. The first kappa shape index (κ1) is 25.2. The van der Waals surface area contributed by atoms with Crippen molar-refractivity contribution in [3.8, 4) is 0 Å². The zero-order chi connectivity index (χ0) is 24.8. The van der Waals surface area contributed by atoms with Gasteiger partial charge in [0.2, 0.25) is 5.95 Å². The summed E-state index contributed by atoms with van der Waals surface area (Å²) in [4.78, 5) is 31.7. The van der Waals surface area contributed by atoms with Crippen LogP contribution in [0.1, 0.15) is 45.0 Å². The molecule has 2 N–H and O–H groups in total. The van der Waals surface area contributed by atoms with Crippen LogP contribution < -0.4 is 10.6 Å². The highest BCUT2D eigenvalue weighted by atomic mass is 32.1. The van der Waals surface area contributed by atoms with Crippen LogP contribution in [0.4, 0.5) is 15.3 Å². The molecule has 0 bridgehead atoms. The van der Waals surface area contributed by atoms with Crippen LogP contribution in [0.15, 0.2) is 30.6 Å². The summed E-state index contributed by atoms with van der Waals surface area (Å²) < 4.78 is 19.6. The molecule has 0 aliphatic carbocycles. The predicted octanol–water partition coefficient (Wildman–Crippen LogP) is 3.91. The lowest BCUT2D eigenvalue weighted by Crippen LogP contribution is -2.30. The summed E-state index contributed by atoms with van der Waals surface area (Å²) in [5.74, 6) is -0.796. The summed E-state index contributed by atoms with van der Waals surface area (Å²) in [7, 11) is 1.28. The van der Waals surface area contributed by atoms with E-state index >= 15 is 0 Å². The third-order valence-corrected chi connectivity index (χ3v) is 6.43. The number of amides is 1. The van der Waals surface area contributed by atoms with Gasteiger partial charge in [0.25, 0.3) is 5.91 Å². The van der Waals surface area contributed by atoms with E-state index in [4.69, 9.17) is 17.0 Å². The standard InChI is InChI=1S/C22H25FN6O3S2/c1-5-28(6-2)19(30)17-13(3)16(20(31)32-4)18(34-17)25-22(33)26-21-24-12-29(27-21)11-14-7-9-15(23)10-8-14/h7-10,12H,5-6,11H2,1-4H3,(H2,25,26,27,33). The summed E-state index contributed by atoms with van der Waals surface area (Å²) in [6.45, 7) is 7.00. The molecule has 3 aromatic rings. The normalized spacial score (nSPS) is 10.6. The zero-order valence-electron chi connectivity index (χ0n) is 19.2. The molecule has 2 heterocycles. The Kier molecular flexibility index (Phi) is 8.29. The molecule has 1 aromatic carbocycles. The highest BCUT2D eigenvalue weighted by Gasteiger charge is 2.27. The fourth-order valence-electron chi connectivity index (χ4n) is 3.25. The van der Waals surface area contributed by atoms with Crippen molar-refractivity contribution in [3.05, 3.63) is 58.0 Å². The molecule has 180 valence electrons. The molecule has 2 aromatic heterocycles. The molecule has 0 saturated carbocycles. The molecule has 9 nitrogen and oxygen atoms in total. The number of nitrogens with one attached hydrogen (secondary N) is 2. The Morgan fingerprint density at radius 2 is 1.88 bits per heavy atom. The van der Waals surface area contributed by atoms with Crippen molar-refractivity contribution in [1.29, 1.82) is 0 Å². The van der Waals surface area contributed by atoms with E-state index in [-0.39, 0.29) is 28.3 Å². The molecule has 0 fully saturated rings. The highest BCUT2D eigenvalue weighted by molar-refractivity contribution is 7.80. The lowest BCUT2D eigenvalue weighted by atomic mass is 10.1. The maximum atomic E-state index is 13.1. The minimum Gasteiger partial charge on any atom is -0.465 e. The number of hydrogen-bond acceptors (Lipinski definition) is 7. The van der Waals surface area contributed by atoms with Gasteiger partial charge in [-0.15, -0.1) is 16.4 Å². The van der Waals surface area contributed by atoms with Crippen LogP contribution in [0.3, 0.4) is 0 Å². The number of rotatable bonds is 8.